The molecule has 5 atom stereocenters. The van der Waals surface area contributed by atoms with E-state index in [9.17, 15) is 20.1 Å². The average Bonchev–Trinajstić information content (AvgIpc) is 2.84. The molecule has 35 heavy (non-hydrogen) atoms. The van der Waals surface area contributed by atoms with E-state index in [1.807, 2.05) is 67.6 Å². The SMILES string of the molecule is CC/C=C/C(=O)O[C@H]1O[C@H](CO[Si](c2ccccc2)(c2ccccc2)C(C)(C)C)[C@H](O)[C@H](O)[C@H]1O. The van der Waals surface area contributed by atoms with E-state index in [1.165, 1.54) is 6.08 Å². The zero-order chi connectivity index (χ0) is 25.6. The van der Waals surface area contributed by atoms with Crippen LogP contribution >= 0.6 is 0 Å². The number of hydrogen-bond donors (Lipinski definition) is 3. The third-order valence-corrected chi connectivity index (χ3v) is 11.3. The number of aliphatic hydroxyl groups excluding tert-OH is 3. The van der Waals surface area contributed by atoms with E-state index in [0.29, 0.717) is 6.42 Å². The van der Waals surface area contributed by atoms with Gasteiger partial charge in [0.1, 0.15) is 24.4 Å². The highest BCUT2D eigenvalue weighted by Crippen LogP contribution is 2.37. The molecular formula is C27H36O7Si. The summed E-state index contributed by atoms with van der Waals surface area (Å²) in [5.41, 5.74) is 0. The summed E-state index contributed by atoms with van der Waals surface area (Å²) in [4.78, 5) is 12.1. The van der Waals surface area contributed by atoms with E-state index in [2.05, 4.69) is 20.8 Å². The Labute approximate surface area is 208 Å². The van der Waals surface area contributed by atoms with Crippen LogP contribution in [-0.2, 0) is 18.7 Å². The largest absolute Gasteiger partial charge is 0.430 e. The molecule has 8 heteroatoms. The summed E-state index contributed by atoms with van der Waals surface area (Å²) in [6.07, 6.45) is -3.55. The minimum absolute atomic E-state index is 0.0723. The van der Waals surface area contributed by atoms with Crippen molar-refractivity contribution < 1.29 is 34.0 Å². The summed E-state index contributed by atoms with van der Waals surface area (Å²) in [5.74, 6) is -0.703. The summed E-state index contributed by atoms with van der Waals surface area (Å²) in [7, 11) is -2.93. The van der Waals surface area contributed by atoms with Crippen molar-refractivity contribution in [2.45, 2.75) is 69.9 Å². The van der Waals surface area contributed by atoms with Crippen LogP contribution in [-0.4, -0.2) is 66.9 Å². The molecule has 0 spiro atoms. The van der Waals surface area contributed by atoms with Gasteiger partial charge in [0.25, 0.3) is 8.32 Å². The minimum atomic E-state index is -2.93. The summed E-state index contributed by atoms with van der Waals surface area (Å²) in [6.45, 7) is 8.17. The van der Waals surface area contributed by atoms with Gasteiger partial charge in [-0.3, -0.25) is 0 Å². The van der Waals surface area contributed by atoms with Gasteiger partial charge < -0.3 is 29.2 Å². The number of carbonyl (C=O) groups excluding carboxylic acids is 1. The van der Waals surface area contributed by atoms with Gasteiger partial charge >= 0.3 is 5.97 Å². The van der Waals surface area contributed by atoms with Gasteiger partial charge in [0.05, 0.1) is 6.61 Å². The van der Waals surface area contributed by atoms with Crippen molar-refractivity contribution in [3.63, 3.8) is 0 Å². The summed E-state index contributed by atoms with van der Waals surface area (Å²) in [5, 5.41) is 33.3. The second-order valence-electron chi connectivity index (χ2n) is 9.74. The minimum Gasteiger partial charge on any atom is -0.430 e. The second-order valence-corrected chi connectivity index (χ2v) is 14.0. The molecule has 0 unspecified atom stereocenters. The Hall–Kier alpha value is -2.33. The first-order valence-corrected chi connectivity index (χ1v) is 13.8. The number of benzene rings is 2. The van der Waals surface area contributed by atoms with Crippen molar-refractivity contribution in [2.24, 2.45) is 0 Å². The molecule has 7 nitrogen and oxygen atoms in total. The van der Waals surface area contributed by atoms with E-state index < -0.39 is 45.0 Å². The van der Waals surface area contributed by atoms with Crippen molar-refractivity contribution in [2.75, 3.05) is 6.61 Å². The van der Waals surface area contributed by atoms with Gasteiger partial charge in [0, 0.05) is 6.08 Å². The number of aliphatic hydroxyl groups is 3. The first-order valence-electron chi connectivity index (χ1n) is 11.9. The third-order valence-electron chi connectivity index (χ3n) is 6.27. The molecule has 1 fully saturated rings. The van der Waals surface area contributed by atoms with Crippen LogP contribution in [0.15, 0.2) is 72.8 Å². The molecule has 0 aromatic heterocycles. The number of allylic oxidation sites excluding steroid dienone is 1. The number of carbonyl (C=O) groups is 1. The predicted octanol–water partition coefficient (Wildman–Crippen LogP) is 1.88. The lowest BCUT2D eigenvalue weighted by atomic mass is 9.99. The Bertz CT molecular complexity index is 935. The highest BCUT2D eigenvalue weighted by molar-refractivity contribution is 6.99. The maximum Gasteiger partial charge on any atom is 0.332 e. The number of ether oxygens (including phenoxy) is 2. The molecule has 3 N–H and O–H groups in total. The lowest BCUT2D eigenvalue weighted by Crippen LogP contribution is -2.68. The summed E-state index contributed by atoms with van der Waals surface area (Å²) < 4.78 is 17.8. The Balaban J connectivity index is 1.92. The van der Waals surface area contributed by atoms with Gasteiger partial charge in [0.2, 0.25) is 6.29 Å². The summed E-state index contributed by atoms with van der Waals surface area (Å²) >= 11 is 0. The maximum absolute atomic E-state index is 12.1. The van der Waals surface area contributed by atoms with Crippen LogP contribution < -0.4 is 10.4 Å². The monoisotopic (exact) mass is 500 g/mol. The highest BCUT2D eigenvalue weighted by atomic mass is 28.4. The van der Waals surface area contributed by atoms with Crippen LogP contribution in [0.4, 0.5) is 0 Å². The van der Waals surface area contributed by atoms with Crippen molar-refractivity contribution in [1.29, 1.82) is 0 Å². The molecule has 0 amide bonds. The van der Waals surface area contributed by atoms with E-state index in [1.54, 1.807) is 6.08 Å². The van der Waals surface area contributed by atoms with Crippen molar-refractivity contribution in [1.82, 2.24) is 0 Å². The second kappa shape index (κ2) is 11.6. The van der Waals surface area contributed by atoms with Crippen LogP contribution in [0.3, 0.4) is 0 Å². The molecule has 2 aromatic rings. The van der Waals surface area contributed by atoms with E-state index in [0.717, 1.165) is 10.4 Å². The zero-order valence-electron chi connectivity index (χ0n) is 20.7. The fourth-order valence-electron chi connectivity index (χ4n) is 4.49. The number of rotatable bonds is 8. The lowest BCUT2D eigenvalue weighted by molar-refractivity contribution is -0.290. The van der Waals surface area contributed by atoms with E-state index >= 15 is 0 Å². The molecule has 1 aliphatic rings. The number of hydrogen-bond acceptors (Lipinski definition) is 7. The molecule has 0 radical (unpaired) electrons. The van der Waals surface area contributed by atoms with Crippen LogP contribution in [0.5, 0.6) is 0 Å². The van der Waals surface area contributed by atoms with Crippen LogP contribution in [0.1, 0.15) is 34.1 Å². The van der Waals surface area contributed by atoms with Crippen molar-refractivity contribution in [3.05, 3.63) is 72.8 Å². The number of esters is 1. The van der Waals surface area contributed by atoms with Gasteiger partial charge in [-0.1, -0.05) is 94.4 Å². The maximum atomic E-state index is 12.1. The Kier molecular flexibility index (Phi) is 9.03. The normalized spacial score (nSPS) is 25.5. The van der Waals surface area contributed by atoms with Gasteiger partial charge in [-0.2, -0.15) is 0 Å². The molecule has 3 rings (SSSR count). The van der Waals surface area contributed by atoms with E-state index in [4.69, 9.17) is 13.9 Å². The molecule has 1 saturated heterocycles. The first kappa shape index (κ1) is 27.3. The molecule has 0 aliphatic carbocycles. The Morgan fingerprint density at radius 2 is 1.49 bits per heavy atom. The molecule has 190 valence electrons. The lowest BCUT2D eigenvalue weighted by Gasteiger charge is -2.45. The van der Waals surface area contributed by atoms with E-state index in [-0.39, 0.29) is 11.6 Å². The molecule has 1 heterocycles. The van der Waals surface area contributed by atoms with Gasteiger partial charge in [-0.25, -0.2) is 4.79 Å². The molecule has 2 aromatic carbocycles. The predicted molar refractivity (Wildman–Crippen MR) is 136 cm³/mol. The molecule has 0 bridgehead atoms. The topological polar surface area (TPSA) is 105 Å². The van der Waals surface area contributed by atoms with Crippen LogP contribution in [0.2, 0.25) is 5.04 Å². The molecular weight excluding hydrogens is 464 g/mol. The van der Waals surface area contributed by atoms with Gasteiger partial charge in [-0.05, 0) is 21.8 Å². The van der Waals surface area contributed by atoms with Crippen molar-refractivity contribution in [3.8, 4) is 0 Å². The quantitative estimate of drug-likeness (QED) is 0.289. The Morgan fingerprint density at radius 1 is 0.943 bits per heavy atom. The smallest absolute Gasteiger partial charge is 0.332 e. The standard InChI is InChI=1S/C27H36O7Si/c1-5-6-17-22(28)34-26-25(31)24(30)23(29)21(33-26)18-32-35(27(2,3)4,19-13-9-7-10-14-19)20-15-11-8-12-16-20/h6-17,21,23-26,29-31H,5,18H2,1-4H3/b17-6+/t21-,23+,24+,25-,26-/m1/s1. The van der Waals surface area contributed by atoms with Gasteiger partial charge in [-0.15, -0.1) is 0 Å². The fourth-order valence-corrected chi connectivity index (χ4v) is 9.06. The van der Waals surface area contributed by atoms with Crippen LogP contribution in [0, 0.1) is 0 Å². The van der Waals surface area contributed by atoms with Crippen LogP contribution in [0.25, 0.3) is 0 Å². The first-order chi connectivity index (χ1) is 16.6. The molecule has 1 aliphatic heterocycles. The molecule has 0 saturated carbocycles. The highest BCUT2D eigenvalue weighted by Gasteiger charge is 2.52. The summed E-state index contributed by atoms with van der Waals surface area (Å²) in [6, 6.07) is 20.0. The third kappa shape index (κ3) is 5.91. The Morgan fingerprint density at radius 3 is 1.97 bits per heavy atom. The zero-order valence-corrected chi connectivity index (χ0v) is 21.7. The van der Waals surface area contributed by atoms with Gasteiger partial charge in [0.15, 0.2) is 0 Å². The fraction of sp³-hybridized carbons (Fsp3) is 0.444. The van der Waals surface area contributed by atoms with Crippen molar-refractivity contribution >= 4 is 24.7 Å². The average molecular weight is 501 g/mol.